The lowest BCUT2D eigenvalue weighted by atomic mass is 9.51. The minimum atomic E-state index is -6.94. The maximum Gasteiger partial charge on any atom is 0.460 e. The van der Waals surface area contributed by atoms with E-state index in [0.29, 0.717) is 36.5 Å². The molecule has 0 aliphatic heterocycles. The van der Waals surface area contributed by atoms with Crippen molar-refractivity contribution >= 4 is 5.97 Å². The van der Waals surface area contributed by atoms with Gasteiger partial charge in [-0.15, -0.1) is 0 Å². The number of carboxylic acid groups (broad SMARTS) is 1. The highest BCUT2D eigenvalue weighted by molar-refractivity contribution is 5.69. The number of aliphatic hydroxyl groups is 1. The number of aliphatic hydroxyl groups excluding tert-OH is 1. The van der Waals surface area contributed by atoms with Crippen LogP contribution in [-0.2, 0) is 11.2 Å². The number of rotatable bonds is 16. The Hall–Kier alpha value is -2.18. The molecule has 3 aliphatic carbocycles. The summed E-state index contributed by atoms with van der Waals surface area (Å²) in [5.41, 5.74) is 2.42. The molecule has 274 valence electrons. The van der Waals surface area contributed by atoms with Crippen LogP contribution in [0.4, 0.5) is 39.5 Å². The van der Waals surface area contributed by atoms with Gasteiger partial charge in [0.1, 0.15) is 5.75 Å². The molecule has 48 heavy (non-hydrogen) atoms. The summed E-state index contributed by atoms with van der Waals surface area (Å²) in [6.45, 7) is 2.24. The molecule has 1 unspecified atom stereocenters. The number of alkyl halides is 9. The standard InChI is InChI=1S/C35H47F9O4/c1-31-20-23(29-25-15-13-24(45)19-22(25)12-14-26(29)27(31)16-17-28(31)46)10-7-5-3-2-4-6-9-21(30(47)48)11-8-18-32(36,37)33(38,39)34(40,41)35(42,43)44/h13,15,19,21,23,26-29,45-46H,2-12,14,16-18,20H2,1H3,(H,47,48)/t21?,23-,26-,27-,28-,29+,31-/m0/s1. The summed E-state index contributed by atoms with van der Waals surface area (Å²) in [6.07, 6.45) is -0.294. The van der Waals surface area contributed by atoms with Gasteiger partial charge in [0.15, 0.2) is 0 Å². The van der Waals surface area contributed by atoms with E-state index in [1.165, 1.54) is 11.1 Å². The first-order valence-corrected chi connectivity index (χ1v) is 17.2. The van der Waals surface area contributed by atoms with Crippen molar-refractivity contribution in [2.45, 2.75) is 146 Å². The predicted octanol–water partition coefficient (Wildman–Crippen LogP) is 10.3. The second-order valence-electron chi connectivity index (χ2n) is 14.8. The third kappa shape index (κ3) is 7.60. The highest BCUT2D eigenvalue weighted by Gasteiger charge is 2.81. The normalized spacial score (nSPS) is 28.4. The van der Waals surface area contributed by atoms with Crippen LogP contribution < -0.4 is 0 Å². The van der Waals surface area contributed by atoms with Crippen LogP contribution in [0.1, 0.15) is 120 Å². The van der Waals surface area contributed by atoms with E-state index in [0.717, 1.165) is 64.2 Å². The SMILES string of the molecule is C[C@]12C[C@H](CCCCCCCCC(CCCC(F)(F)C(F)(F)C(F)(F)C(F)(F)F)C(=O)O)[C@@H]3c4ccc(O)cc4CC[C@H]3[C@@H]1CC[C@@H]2O. The number of hydrogen-bond donors (Lipinski definition) is 3. The van der Waals surface area contributed by atoms with Crippen molar-refractivity contribution in [3.05, 3.63) is 29.3 Å². The smallest absolute Gasteiger partial charge is 0.460 e. The number of carboxylic acids is 1. The molecule has 0 saturated heterocycles. The van der Waals surface area contributed by atoms with Crippen molar-refractivity contribution < 1.29 is 59.6 Å². The van der Waals surface area contributed by atoms with Gasteiger partial charge < -0.3 is 15.3 Å². The number of phenolic OH excluding ortho intramolecular Hbond substituents is 1. The van der Waals surface area contributed by atoms with Crippen molar-refractivity contribution in [1.82, 2.24) is 0 Å². The summed E-state index contributed by atoms with van der Waals surface area (Å²) in [6, 6.07) is 5.71. The molecule has 2 saturated carbocycles. The summed E-state index contributed by atoms with van der Waals surface area (Å²) in [5, 5.41) is 30.4. The fourth-order valence-corrected chi connectivity index (χ4v) is 9.16. The second kappa shape index (κ2) is 14.6. The monoisotopic (exact) mass is 702 g/mol. The number of halogens is 9. The molecule has 4 rings (SSSR count). The van der Waals surface area contributed by atoms with Crippen LogP contribution in [0.15, 0.2) is 18.2 Å². The van der Waals surface area contributed by atoms with E-state index in [9.17, 15) is 59.6 Å². The molecular formula is C35H47F9O4. The maximum absolute atomic E-state index is 13.8. The Morgan fingerprint density at radius 1 is 0.875 bits per heavy atom. The average molecular weight is 703 g/mol. The van der Waals surface area contributed by atoms with Crippen molar-refractivity contribution in [3.63, 3.8) is 0 Å². The summed E-state index contributed by atoms with van der Waals surface area (Å²) in [7, 11) is 0. The Bertz CT molecular complexity index is 1250. The van der Waals surface area contributed by atoms with Gasteiger partial charge >= 0.3 is 29.9 Å². The number of carbonyl (C=O) groups is 1. The van der Waals surface area contributed by atoms with Gasteiger partial charge in [-0.1, -0.05) is 51.5 Å². The first-order chi connectivity index (χ1) is 22.2. The molecule has 3 aliphatic rings. The number of aliphatic carboxylic acids is 1. The van der Waals surface area contributed by atoms with Gasteiger partial charge in [0.25, 0.3) is 0 Å². The lowest BCUT2D eigenvalue weighted by Crippen LogP contribution is -2.60. The molecule has 3 N–H and O–H groups in total. The highest BCUT2D eigenvalue weighted by atomic mass is 19.4. The molecule has 7 atom stereocenters. The summed E-state index contributed by atoms with van der Waals surface area (Å²) in [4.78, 5) is 11.6. The summed E-state index contributed by atoms with van der Waals surface area (Å²) >= 11 is 0. The number of aryl methyl sites for hydroxylation is 1. The van der Waals surface area contributed by atoms with Crippen LogP contribution in [-0.4, -0.2) is 51.3 Å². The van der Waals surface area contributed by atoms with E-state index in [4.69, 9.17) is 0 Å². The minimum absolute atomic E-state index is 0.0399. The van der Waals surface area contributed by atoms with Crippen LogP contribution in [0.25, 0.3) is 0 Å². The maximum atomic E-state index is 13.8. The van der Waals surface area contributed by atoms with E-state index in [2.05, 4.69) is 13.0 Å². The molecule has 1 aromatic rings. The number of unbranched alkanes of at least 4 members (excludes halogenated alkanes) is 5. The predicted molar refractivity (Wildman–Crippen MR) is 160 cm³/mol. The molecule has 1 aromatic carbocycles. The quantitative estimate of drug-likeness (QED) is 0.118. The van der Waals surface area contributed by atoms with Gasteiger partial charge in [-0.3, -0.25) is 4.79 Å². The van der Waals surface area contributed by atoms with Gasteiger partial charge in [0, 0.05) is 6.42 Å². The fourth-order valence-electron chi connectivity index (χ4n) is 9.16. The zero-order chi connectivity index (χ0) is 35.7. The van der Waals surface area contributed by atoms with E-state index < -0.39 is 55.1 Å². The van der Waals surface area contributed by atoms with Gasteiger partial charge in [0.2, 0.25) is 0 Å². The second-order valence-corrected chi connectivity index (χ2v) is 14.8. The Morgan fingerprint density at radius 3 is 2.15 bits per heavy atom. The fraction of sp³-hybridized carbons (Fsp3) is 0.800. The number of benzene rings is 1. The molecule has 0 bridgehead atoms. The molecule has 0 aromatic heterocycles. The molecular weight excluding hydrogens is 655 g/mol. The van der Waals surface area contributed by atoms with Crippen molar-refractivity contribution in [2.75, 3.05) is 0 Å². The molecule has 0 radical (unpaired) electrons. The van der Waals surface area contributed by atoms with Gasteiger partial charge in [-0.25, -0.2) is 0 Å². The highest BCUT2D eigenvalue weighted by Crippen LogP contribution is 2.63. The Morgan fingerprint density at radius 2 is 1.50 bits per heavy atom. The molecule has 0 spiro atoms. The number of aromatic hydroxyl groups is 1. The lowest BCUT2D eigenvalue weighted by molar-refractivity contribution is -0.396. The number of hydrogen-bond acceptors (Lipinski definition) is 3. The third-order valence-corrected chi connectivity index (χ3v) is 11.8. The van der Waals surface area contributed by atoms with Crippen molar-refractivity contribution in [1.29, 1.82) is 0 Å². The summed E-state index contributed by atoms with van der Waals surface area (Å²) < 4.78 is 118. The van der Waals surface area contributed by atoms with Gasteiger partial charge in [-0.05, 0) is 110 Å². The third-order valence-electron chi connectivity index (χ3n) is 11.8. The van der Waals surface area contributed by atoms with Crippen LogP contribution >= 0.6 is 0 Å². The minimum Gasteiger partial charge on any atom is -0.508 e. The Kier molecular flexibility index (Phi) is 11.7. The van der Waals surface area contributed by atoms with Gasteiger partial charge in [0.05, 0.1) is 12.0 Å². The zero-order valence-corrected chi connectivity index (χ0v) is 27.2. The summed E-state index contributed by atoms with van der Waals surface area (Å²) in [5.74, 6) is -19.9. The topological polar surface area (TPSA) is 77.8 Å². The molecule has 0 amide bonds. The van der Waals surface area contributed by atoms with E-state index in [1.807, 2.05) is 6.07 Å². The first-order valence-electron chi connectivity index (χ1n) is 17.2. The molecule has 0 heterocycles. The molecule has 13 heteroatoms. The van der Waals surface area contributed by atoms with Crippen molar-refractivity contribution in [3.8, 4) is 5.75 Å². The van der Waals surface area contributed by atoms with Gasteiger partial charge in [-0.2, -0.15) is 39.5 Å². The Balaban J connectivity index is 1.21. The lowest BCUT2D eigenvalue weighted by Gasteiger charge is -2.54. The number of phenols is 1. The first kappa shape index (κ1) is 38.6. The van der Waals surface area contributed by atoms with Crippen LogP contribution in [0.5, 0.6) is 5.75 Å². The van der Waals surface area contributed by atoms with E-state index in [1.54, 1.807) is 6.07 Å². The Labute approximate surface area is 275 Å². The largest absolute Gasteiger partial charge is 0.508 e. The van der Waals surface area contributed by atoms with E-state index >= 15 is 0 Å². The van der Waals surface area contributed by atoms with Crippen molar-refractivity contribution in [2.24, 2.45) is 29.1 Å². The average Bonchev–Trinajstić information content (AvgIpc) is 3.29. The van der Waals surface area contributed by atoms with Crippen LogP contribution in [0.2, 0.25) is 0 Å². The molecule has 4 nitrogen and oxygen atoms in total. The number of fused-ring (bicyclic) bond motifs is 5. The van der Waals surface area contributed by atoms with E-state index in [-0.39, 0.29) is 23.7 Å². The molecule has 2 fully saturated rings. The van der Waals surface area contributed by atoms with Crippen LogP contribution in [0.3, 0.4) is 0 Å². The van der Waals surface area contributed by atoms with Crippen LogP contribution in [0, 0.1) is 29.1 Å². The zero-order valence-electron chi connectivity index (χ0n) is 27.2.